The Balaban J connectivity index is 1.63. The summed E-state index contributed by atoms with van der Waals surface area (Å²) >= 11 is 0. The van der Waals surface area contributed by atoms with Crippen LogP contribution in [0.15, 0.2) is 66.7 Å². The molecule has 1 N–H and O–H groups in total. The summed E-state index contributed by atoms with van der Waals surface area (Å²) in [6.07, 6.45) is 4.45. The van der Waals surface area contributed by atoms with Crippen LogP contribution in [0, 0.1) is 26.6 Å². The minimum Gasteiger partial charge on any atom is -0.483 e. The molecule has 1 atom stereocenters. The smallest absolute Gasteiger partial charge is 0.261 e. The molecule has 3 aromatic rings. The Hall–Kier alpha value is -3.67. The van der Waals surface area contributed by atoms with Crippen molar-refractivity contribution < 1.29 is 18.7 Å². The lowest BCUT2D eigenvalue weighted by Crippen LogP contribution is -2.53. The van der Waals surface area contributed by atoms with Crippen molar-refractivity contribution in [2.45, 2.75) is 71.5 Å². The van der Waals surface area contributed by atoms with Gasteiger partial charge in [-0.15, -0.1) is 0 Å². The van der Waals surface area contributed by atoms with Gasteiger partial charge in [-0.3, -0.25) is 9.59 Å². The summed E-state index contributed by atoms with van der Waals surface area (Å²) in [5.41, 5.74) is 4.83. The molecule has 38 heavy (non-hydrogen) atoms. The van der Waals surface area contributed by atoms with Crippen molar-refractivity contribution in [1.29, 1.82) is 0 Å². The fraction of sp³-hybridized carbons (Fsp3) is 0.375. The zero-order valence-electron chi connectivity index (χ0n) is 22.5. The number of nitrogens with zero attached hydrogens (tertiary/aromatic N) is 1. The molecule has 1 aliphatic rings. The minimum absolute atomic E-state index is 0.123. The molecule has 200 valence electrons. The van der Waals surface area contributed by atoms with E-state index >= 15 is 0 Å². The number of hydrogen-bond acceptors (Lipinski definition) is 3. The first-order chi connectivity index (χ1) is 18.3. The molecule has 1 aliphatic carbocycles. The summed E-state index contributed by atoms with van der Waals surface area (Å²) in [4.78, 5) is 29.1. The molecular weight excluding hydrogens is 479 g/mol. The number of rotatable bonds is 10. The summed E-state index contributed by atoms with van der Waals surface area (Å²) in [6, 6.07) is 19.2. The SMILES string of the molecule is Cc1cc(C)c(C)c(OCC(=O)N(Cc2ccc(F)cc2)C(Cc2ccccc2)C(=O)NC2CCCC2)c1. The Morgan fingerprint density at radius 1 is 0.974 bits per heavy atom. The number of aryl methyl sites for hydroxylation is 2. The average molecular weight is 517 g/mol. The topological polar surface area (TPSA) is 58.6 Å². The average Bonchev–Trinajstić information content (AvgIpc) is 3.42. The Bertz CT molecular complexity index is 1240. The summed E-state index contributed by atoms with van der Waals surface area (Å²) in [6.45, 7) is 5.95. The molecule has 2 amide bonds. The van der Waals surface area contributed by atoms with Gasteiger partial charge in [-0.25, -0.2) is 4.39 Å². The highest BCUT2D eigenvalue weighted by molar-refractivity contribution is 5.88. The molecule has 0 aliphatic heterocycles. The van der Waals surface area contributed by atoms with Crippen molar-refractivity contribution in [1.82, 2.24) is 10.2 Å². The lowest BCUT2D eigenvalue weighted by Gasteiger charge is -2.32. The number of benzene rings is 3. The van der Waals surface area contributed by atoms with Gasteiger partial charge >= 0.3 is 0 Å². The van der Waals surface area contributed by atoms with E-state index in [-0.39, 0.29) is 36.8 Å². The Morgan fingerprint density at radius 3 is 2.34 bits per heavy atom. The van der Waals surface area contributed by atoms with E-state index in [2.05, 4.69) is 11.4 Å². The van der Waals surface area contributed by atoms with E-state index in [9.17, 15) is 14.0 Å². The van der Waals surface area contributed by atoms with Crippen LogP contribution in [0.5, 0.6) is 5.75 Å². The van der Waals surface area contributed by atoms with Crippen molar-refractivity contribution >= 4 is 11.8 Å². The van der Waals surface area contributed by atoms with Gasteiger partial charge in [-0.05, 0) is 79.6 Å². The zero-order chi connectivity index (χ0) is 27.1. The van der Waals surface area contributed by atoms with Crippen molar-refractivity contribution in [3.8, 4) is 5.75 Å². The molecule has 1 unspecified atom stereocenters. The maximum absolute atomic E-state index is 13.8. The van der Waals surface area contributed by atoms with Crippen LogP contribution in [0.1, 0.15) is 53.5 Å². The number of halogens is 1. The fourth-order valence-electron chi connectivity index (χ4n) is 5.08. The predicted molar refractivity (Wildman–Crippen MR) is 147 cm³/mol. The molecule has 3 aromatic carbocycles. The first-order valence-corrected chi connectivity index (χ1v) is 13.4. The Morgan fingerprint density at radius 2 is 1.66 bits per heavy atom. The van der Waals surface area contributed by atoms with Crippen LogP contribution < -0.4 is 10.1 Å². The second-order valence-electron chi connectivity index (χ2n) is 10.3. The Labute approximate surface area is 225 Å². The second-order valence-corrected chi connectivity index (χ2v) is 10.3. The van der Waals surface area contributed by atoms with E-state index in [0.29, 0.717) is 12.2 Å². The molecule has 0 radical (unpaired) electrons. The highest BCUT2D eigenvalue weighted by Gasteiger charge is 2.32. The highest BCUT2D eigenvalue weighted by atomic mass is 19.1. The third kappa shape index (κ3) is 7.21. The standard InChI is InChI=1S/C32H37FN2O3/c1-22-17-23(2)24(3)30(18-22)38-21-31(36)35(20-26-13-15-27(33)16-14-26)29(19-25-9-5-4-6-10-25)32(37)34-28-11-7-8-12-28/h4-6,9-10,13-18,28-29H,7-8,11-12,19-21H2,1-3H3,(H,34,37). The molecule has 1 fully saturated rings. The minimum atomic E-state index is -0.737. The second kappa shape index (κ2) is 12.7. The number of carbonyl (C=O) groups is 2. The molecular formula is C32H37FN2O3. The largest absolute Gasteiger partial charge is 0.483 e. The zero-order valence-corrected chi connectivity index (χ0v) is 22.5. The van der Waals surface area contributed by atoms with Gasteiger partial charge in [0.15, 0.2) is 6.61 Å². The quantitative estimate of drug-likeness (QED) is 0.369. The van der Waals surface area contributed by atoms with E-state index < -0.39 is 6.04 Å². The van der Waals surface area contributed by atoms with Gasteiger partial charge in [0.05, 0.1) is 0 Å². The molecule has 1 saturated carbocycles. The van der Waals surface area contributed by atoms with Gasteiger partial charge in [-0.1, -0.05) is 61.4 Å². The number of nitrogens with one attached hydrogen (secondary N) is 1. The molecule has 6 heteroatoms. The van der Waals surface area contributed by atoms with Gasteiger partial charge < -0.3 is 15.0 Å². The van der Waals surface area contributed by atoms with Crippen LogP contribution in [0.4, 0.5) is 4.39 Å². The summed E-state index contributed by atoms with van der Waals surface area (Å²) in [7, 11) is 0. The predicted octanol–water partition coefficient (Wildman–Crippen LogP) is 5.83. The van der Waals surface area contributed by atoms with Crippen molar-refractivity contribution in [3.05, 3.63) is 100 Å². The van der Waals surface area contributed by atoms with Crippen LogP contribution in [0.3, 0.4) is 0 Å². The normalized spacial score (nSPS) is 14.2. The third-order valence-electron chi connectivity index (χ3n) is 7.35. The summed E-state index contributed by atoms with van der Waals surface area (Å²) < 4.78 is 19.7. The van der Waals surface area contributed by atoms with Gasteiger partial charge in [-0.2, -0.15) is 0 Å². The molecule has 0 bridgehead atoms. The third-order valence-corrected chi connectivity index (χ3v) is 7.35. The first-order valence-electron chi connectivity index (χ1n) is 13.4. The van der Waals surface area contributed by atoms with E-state index in [4.69, 9.17) is 4.74 Å². The maximum atomic E-state index is 13.8. The first kappa shape index (κ1) is 27.4. The van der Waals surface area contributed by atoms with Gasteiger partial charge in [0, 0.05) is 19.0 Å². The summed E-state index contributed by atoms with van der Waals surface area (Å²) in [5.74, 6) is -0.151. The van der Waals surface area contributed by atoms with Crippen LogP contribution >= 0.6 is 0 Å². The monoisotopic (exact) mass is 516 g/mol. The van der Waals surface area contributed by atoms with Crippen LogP contribution in [-0.4, -0.2) is 35.4 Å². The molecule has 0 spiro atoms. The van der Waals surface area contributed by atoms with E-state index in [0.717, 1.165) is 53.5 Å². The lowest BCUT2D eigenvalue weighted by molar-refractivity contribution is -0.143. The van der Waals surface area contributed by atoms with Gasteiger partial charge in [0.2, 0.25) is 5.91 Å². The summed E-state index contributed by atoms with van der Waals surface area (Å²) in [5, 5.41) is 3.19. The molecule has 5 nitrogen and oxygen atoms in total. The molecule has 0 aromatic heterocycles. The molecule has 0 heterocycles. The van der Waals surface area contributed by atoms with Gasteiger partial charge in [0.25, 0.3) is 5.91 Å². The van der Waals surface area contributed by atoms with Gasteiger partial charge in [0.1, 0.15) is 17.6 Å². The maximum Gasteiger partial charge on any atom is 0.261 e. The fourth-order valence-corrected chi connectivity index (χ4v) is 5.08. The van der Waals surface area contributed by atoms with E-state index in [1.807, 2.05) is 57.2 Å². The number of ether oxygens (including phenoxy) is 1. The Kier molecular flexibility index (Phi) is 9.16. The van der Waals surface area contributed by atoms with Crippen molar-refractivity contribution in [2.75, 3.05) is 6.61 Å². The van der Waals surface area contributed by atoms with Crippen LogP contribution in [-0.2, 0) is 22.6 Å². The van der Waals surface area contributed by atoms with Crippen molar-refractivity contribution in [3.63, 3.8) is 0 Å². The van der Waals surface area contributed by atoms with Crippen LogP contribution in [0.25, 0.3) is 0 Å². The number of amides is 2. The van der Waals surface area contributed by atoms with E-state index in [1.165, 1.54) is 12.1 Å². The number of hydrogen-bond donors (Lipinski definition) is 1. The highest BCUT2D eigenvalue weighted by Crippen LogP contribution is 2.24. The lowest BCUT2D eigenvalue weighted by atomic mass is 10.0. The molecule has 0 saturated heterocycles. The van der Waals surface area contributed by atoms with Crippen LogP contribution in [0.2, 0.25) is 0 Å². The molecule has 4 rings (SSSR count). The number of carbonyl (C=O) groups excluding carboxylic acids is 2. The van der Waals surface area contributed by atoms with E-state index in [1.54, 1.807) is 17.0 Å². The van der Waals surface area contributed by atoms with Crippen molar-refractivity contribution in [2.24, 2.45) is 0 Å².